The molecular weight excluding hydrogens is 264 g/mol. The number of hydrogen-bond donors (Lipinski definition) is 2. The van der Waals surface area contributed by atoms with Crippen LogP contribution in [0.2, 0.25) is 0 Å². The molecule has 2 aliphatic rings. The van der Waals surface area contributed by atoms with Gasteiger partial charge in [0.05, 0.1) is 0 Å². The molecule has 1 saturated heterocycles. The number of anilines is 1. The van der Waals surface area contributed by atoms with Gasteiger partial charge >= 0.3 is 0 Å². The van der Waals surface area contributed by atoms with Crippen LogP contribution in [-0.2, 0) is 16.0 Å². The number of carbonyl (C=O) groups excluding carboxylic acids is 1. The van der Waals surface area contributed by atoms with Gasteiger partial charge in [-0.1, -0.05) is 18.2 Å². The van der Waals surface area contributed by atoms with Crippen LogP contribution in [0.4, 0.5) is 5.69 Å². The number of carbonyl (C=O) groups is 1. The summed E-state index contributed by atoms with van der Waals surface area (Å²) in [7, 11) is 0. The molecule has 3 rings (SSSR count). The topological polar surface area (TPSA) is 50.4 Å². The number of benzene rings is 1. The van der Waals surface area contributed by atoms with Gasteiger partial charge < -0.3 is 15.4 Å². The first-order valence-electron chi connectivity index (χ1n) is 7.96. The highest BCUT2D eigenvalue weighted by Gasteiger charge is 2.27. The zero-order valence-electron chi connectivity index (χ0n) is 12.6. The molecule has 2 aliphatic heterocycles. The molecule has 2 N–H and O–H groups in total. The van der Waals surface area contributed by atoms with Gasteiger partial charge in [0.25, 0.3) is 0 Å². The third kappa shape index (κ3) is 3.38. The van der Waals surface area contributed by atoms with Crippen molar-refractivity contribution in [2.45, 2.75) is 44.7 Å². The van der Waals surface area contributed by atoms with Crippen LogP contribution in [0.15, 0.2) is 24.3 Å². The van der Waals surface area contributed by atoms with Crippen LogP contribution in [0.5, 0.6) is 0 Å². The summed E-state index contributed by atoms with van der Waals surface area (Å²) in [4.78, 5) is 12.5. The van der Waals surface area contributed by atoms with Gasteiger partial charge in [0, 0.05) is 24.9 Å². The van der Waals surface area contributed by atoms with Gasteiger partial charge in [-0.15, -0.1) is 0 Å². The van der Waals surface area contributed by atoms with Crippen molar-refractivity contribution in [1.29, 1.82) is 0 Å². The second kappa shape index (κ2) is 6.48. The van der Waals surface area contributed by atoms with E-state index in [9.17, 15) is 4.79 Å². The fraction of sp³-hybridized carbons (Fsp3) is 0.588. The summed E-state index contributed by atoms with van der Waals surface area (Å²) in [5, 5.41) is 6.56. The van der Waals surface area contributed by atoms with Gasteiger partial charge in [-0.25, -0.2) is 0 Å². The lowest BCUT2D eigenvalue weighted by Gasteiger charge is -2.31. The normalized spacial score (nSPS) is 23.8. The molecule has 0 radical (unpaired) electrons. The number of nitrogens with one attached hydrogen (secondary N) is 2. The quantitative estimate of drug-likeness (QED) is 0.897. The Balaban J connectivity index is 1.56. The third-order valence-corrected chi connectivity index (χ3v) is 4.71. The maximum absolute atomic E-state index is 12.5. The maximum Gasteiger partial charge on any atom is 0.242 e. The average molecular weight is 288 g/mol. The Morgan fingerprint density at radius 1 is 1.29 bits per heavy atom. The number of hydrogen-bond acceptors (Lipinski definition) is 3. The van der Waals surface area contributed by atoms with Gasteiger partial charge in [-0.2, -0.15) is 0 Å². The van der Waals surface area contributed by atoms with Gasteiger partial charge in [0.2, 0.25) is 5.91 Å². The number of rotatable bonds is 3. The van der Waals surface area contributed by atoms with Crippen LogP contribution in [0.25, 0.3) is 0 Å². The molecule has 1 fully saturated rings. The summed E-state index contributed by atoms with van der Waals surface area (Å²) >= 11 is 0. The predicted octanol–water partition coefficient (Wildman–Crippen LogP) is 2.34. The standard InChI is InChI=1S/C17H24N2O2/c1-12(13-8-10-21-11-9-13)18-17(20)16-7-6-14-4-2-3-5-15(14)19-16/h2-5,12-13,16,19H,6-11H2,1H3,(H,18,20). The van der Waals surface area contributed by atoms with E-state index in [1.807, 2.05) is 12.1 Å². The van der Waals surface area contributed by atoms with E-state index < -0.39 is 0 Å². The molecule has 0 bridgehead atoms. The number of amides is 1. The molecule has 4 heteroatoms. The maximum atomic E-state index is 12.5. The Hall–Kier alpha value is -1.55. The number of para-hydroxylation sites is 1. The molecule has 4 nitrogen and oxygen atoms in total. The first kappa shape index (κ1) is 14.4. The lowest BCUT2D eigenvalue weighted by molar-refractivity contribution is -0.123. The summed E-state index contributed by atoms with van der Waals surface area (Å²) in [5.41, 5.74) is 2.40. The summed E-state index contributed by atoms with van der Waals surface area (Å²) in [6.07, 6.45) is 3.92. The molecule has 1 aromatic carbocycles. The molecular formula is C17H24N2O2. The van der Waals surface area contributed by atoms with Crippen molar-refractivity contribution in [3.8, 4) is 0 Å². The smallest absolute Gasteiger partial charge is 0.242 e. The summed E-state index contributed by atoms with van der Waals surface area (Å²) in [6, 6.07) is 8.35. The minimum absolute atomic E-state index is 0.109. The lowest BCUT2D eigenvalue weighted by atomic mass is 9.92. The monoisotopic (exact) mass is 288 g/mol. The third-order valence-electron chi connectivity index (χ3n) is 4.71. The molecule has 2 unspecified atom stereocenters. The second-order valence-corrected chi connectivity index (χ2v) is 6.14. The minimum Gasteiger partial charge on any atom is -0.381 e. The van der Waals surface area contributed by atoms with E-state index in [0.717, 1.165) is 44.6 Å². The van der Waals surface area contributed by atoms with Crippen LogP contribution in [-0.4, -0.2) is 31.2 Å². The second-order valence-electron chi connectivity index (χ2n) is 6.14. The van der Waals surface area contributed by atoms with Crippen LogP contribution >= 0.6 is 0 Å². The van der Waals surface area contributed by atoms with Crippen molar-refractivity contribution in [3.63, 3.8) is 0 Å². The molecule has 1 amide bonds. The SMILES string of the molecule is CC(NC(=O)C1CCc2ccccc2N1)C1CCOCC1. The van der Waals surface area contributed by atoms with Gasteiger partial charge in [0.1, 0.15) is 6.04 Å². The summed E-state index contributed by atoms with van der Waals surface area (Å²) in [6.45, 7) is 3.75. The molecule has 2 heterocycles. The summed E-state index contributed by atoms with van der Waals surface area (Å²) < 4.78 is 5.39. The number of aryl methyl sites for hydroxylation is 1. The van der Waals surface area contributed by atoms with E-state index >= 15 is 0 Å². The fourth-order valence-electron chi connectivity index (χ4n) is 3.29. The van der Waals surface area contributed by atoms with Crippen molar-refractivity contribution in [2.75, 3.05) is 18.5 Å². The van der Waals surface area contributed by atoms with Crippen molar-refractivity contribution in [2.24, 2.45) is 5.92 Å². The molecule has 0 saturated carbocycles. The van der Waals surface area contributed by atoms with Crippen molar-refractivity contribution in [3.05, 3.63) is 29.8 Å². The van der Waals surface area contributed by atoms with E-state index in [1.54, 1.807) is 0 Å². The number of ether oxygens (including phenoxy) is 1. The Kier molecular flexibility index (Phi) is 4.44. The van der Waals surface area contributed by atoms with Crippen LogP contribution < -0.4 is 10.6 Å². The Morgan fingerprint density at radius 2 is 2.05 bits per heavy atom. The lowest BCUT2D eigenvalue weighted by Crippen LogP contribution is -2.48. The zero-order chi connectivity index (χ0) is 14.7. The van der Waals surface area contributed by atoms with E-state index in [0.29, 0.717) is 5.92 Å². The first-order chi connectivity index (χ1) is 10.2. The predicted molar refractivity (Wildman–Crippen MR) is 83.3 cm³/mol. The Bertz CT molecular complexity index is 497. The number of fused-ring (bicyclic) bond motifs is 1. The van der Waals surface area contributed by atoms with Crippen molar-refractivity contribution >= 4 is 11.6 Å². The average Bonchev–Trinajstić information content (AvgIpc) is 2.55. The highest BCUT2D eigenvalue weighted by molar-refractivity contribution is 5.85. The van der Waals surface area contributed by atoms with Gasteiger partial charge in [-0.3, -0.25) is 4.79 Å². The van der Waals surface area contributed by atoms with Crippen LogP contribution in [0.1, 0.15) is 31.7 Å². The zero-order valence-corrected chi connectivity index (χ0v) is 12.6. The molecule has 0 aliphatic carbocycles. The first-order valence-corrected chi connectivity index (χ1v) is 7.96. The Labute approximate surface area is 126 Å². The summed E-state index contributed by atoms with van der Waals surface area (Å²) in [5.74, 6) is 0.669. The molecule has 114 valence electrons. The molecule has 1 aromatic rings. The highest BCUT2D eigenvalue weighted by Crippen LogP contribution is 2.25. The van der Waals surface area contributed by atoms with Gasteiger partial charge in [0.15, 0.2) is 0 Å². The fourth-order valence-corrected chi connectivity index (χ4v) is 3.29. The van der Waals surface area contributed by atoms with Crippen LogP contribution in [0.3, 0.4) is 0 Å². The van der Waals surface area contributed by atoms with Crippen molar-refractivity contribution < 1.29 is 9.53 Å². The van der Waals surface area contributed by atoms with Crippen LogP contribution in [0, 0.1) is 5.92 Å². The van der Waals surface area contributed by atoms with E-state index in [2.05, 4.69) is 29.7 Å². The highest BCUT2D eigenvalue weighted by atomic mass is 16.5. The molecule has 2 atom stereocenters. The van der Waals surface area contributed by atoms with Crippen molar-refractivity contribution in [1.82, 2.24) is 5.32 Å². The molecule has 0 spiro atoms. The minimum atomic E-state index is -0.109. The van der Waals surface area contributed by atoms with E-state index in [-0.39, 0.29) is 18.0 Å². The van der Waals surface area contributed by atoms with E-state index in [4.69, 9.17) is 4.74 Å². The Morgan fingerprint density at radius 3 is 2.86 bits per heavy atom. The molecule has 21 heavy (non-hydrogen) atoms. The van der Waals surface area contributed by atoms with Gasteiger partial charge in [-0.05, 0) is 50.2 Å². The largest absolute Gasteiger partial charge is 0.381 e. The van der Waals surface area contributed by atoms with E-state index in [1.165, 1.54) is 5.56 Å². The molecule has 0 aromatic heterocycles.